The quantitative estimate of drug-likeness (QED) is 0.750. The zero-order valence-electron chi connectivity index (χ0n) is 11.7. The first-order chi connectivity index (χ1) is 9.72. The zero-order chi connectivity index (χ0) is 14.4. The molecule has 0 aliphatic carbocycles. The van der Waals surface area contributed by atoms with E-state index in [1.54, 1.807) is 6.07 Å². The molecular formula is C16H20N2O2. The number of pyridine rings is 1. The van der Waals surface area contributed by atoms with E-state index in [-0.39, 0.29) is 5.69 Å². The molecule has 20 heavy (non-hydrogen) atoms. The van der Waals surface area contributed by atoms with Gasteiger partial charge in [-0.1, -0.05) is 44.4 Å². The van der Waals surface area contributed by atoms with Crippen LogP contribution in [0.25, 0.3) is 10.9 Å². The van der Waals surface area contributed by atoms with Gasteiger partial charge in [0.05, 0.1) is 5.52 Å². The molecule has 4 nitrogen and oxygen atoms in total. The van der Waals surface area contributed by atoms with Crippen LogP contribution in [0.5, 0.6) is 0 Å². The summed E-state index contributed by atoms with van der Waals surface area (Å²) in [6, 6.07) is 9.22. The molecule has 0 fully saturated rings. The molecule has 0 spiro atoms. The Bertz CT molecular complexity index is 596. The van der Waals surface area contributed by atoms with Crippen LogP contribution in [0.15, 0.2) is 30.3 Å². The molecule has 2 rings (SSSR count). The van der Waals surface area contributed by atoms with E-state index in [2.05, 4.69) is 17.2 Å². The predicted octanol–water partition coefficient (Wildman–Crippen LogP) is 3.93. The maximum Gasteiger partial charge on any atom is 0.354 e. The Balaban J connectivity index is 2.19. The highest BCUT2D eigenvalue weighted by Crippen LogP contribution is 2.23. The van der Waals surface area contributed by atoms with Crippen LogP contribution in [0.1, 0.15) is 43.1 Å². The van der Waals surface area contributed by atoms with Gasteiger partial charge in [-0.25, -0.2) is 9.78 Å². The maximum absolute atomic E-state index is 11.1. The number of nitrogens with one attached hydrogen (secondary N) is 1. The number of nitrogens with zero attached hydrogens (tertiary/aromatic N) is 1. The van der Waals surface area contributed by atoms with Gasteiger partial charge in [-0.05, 0) is 18.6 Å². The van der Waals surface area contributed by atoms with Gasteiger partial charge < -0.3 is 10.4 Å². The van der Waals surface area contributed by atoms with Crippen molar-refractivity contribution in [2.75, 3.05) is 11.9 Å². The molecule has 0 atom stereocenters. The van der Waals surface area contributed by atoms with E-state index in [4.69, 9.17) is 5.11 Å². The van der Waals surface area contributed by atoms with Crippen molar-refractivity contribution >= 4 is 22.6 Å². The molecule has 0 aliphatic heterocycles. The number of carboxylic acid groups (broad SMARTS) is 1. The summed E-state index contributed by atoms with van der Waals surface area (Å²) in [6.45, 7) is 3.04. The minimum atomic E-state index is -0.996. The fourth-order valence-electron chi connectivity index (χ4n) is 2.21. The van der Waals surface area contributed by atoms with Crippen molar-refractivity contribution in [2.24, 2.45) is 0 Å². The van der Waals surface area contributed by atoms with Crippen LogP contribution in [0.4, 0.5) is 5.69 Å². The molecule has 0 aliphatic rings. The van der Waals surface area contributed by atoms with Gasteiger partial charge in [0.1, 0.15) is 0 Å². The van der Waals surface area contributed by atoms with Crippen molar-refractivity contribution in [3.8, 4) is 0 Å². The lowest BCUT2D eigenvalue weighted by atomic mass is 10.1. The molecule has 0 amide bonds. The van der Waals surface area contributed by atoms with Crippen LogP contribution in [0, 0.1) is 0 Å². The number of aromatic carboxylic acids is 1. The third-order valence-electron chi connectivity index (χ3n) is 3.28. The third kappa shape index (κ3) is 3.47. The van der Waals surface area contributed by atoms with E-state index in [1.165, 1.54) is 19.3 Å². The summed E-state index contributed by atoms with van der Waals surface area (Å²) in [4.78, 5) is 15.3. The topological polar surface area (TPSA) is 62.2 Å². The highest BCUT2D eigenvalue weighted by Gasteiger charge is 2.10. The first-order valence-corrected chi connectivity index (χ1v) is 7.09. The smallest absolute Gasteiger partial charge is 0.354 e. The minimum Gasteiger partial charge on any atom is -0.477 e. The van der Waals surface area contributed by atoms with E-state index in [1.807, 2.05) is 24.3 Å². The molecule has 0 saturated heterocycles. The standard InChI is InChI=1S/C16H20N2O2/c1-2-3-4-7-10-17-14-11-15(16(19)20)18-13-9-6-5-8-12(13)14/h5-6,8-9,11H,2-4,7,10H2,1H3,(H,17,18)(H,19,20). The molecule has 0 saturated carbocycles. The molecule has 1 aromatic heterocycles. The molecule has 106 valence electrons. The van der Waals surface area contributed by atoms with Gasteiger partial charge in [0.25, 0.3) is 0 Å². The summed E-state index contributed by atoms with van der Waals surface area (Å²) < 4.78 is 0. The number of para-hydroxylation sites is 1. The van der Waals surface area contributed by atoms with Crippen LogP contribution < -0.4 is 5.32 Å². The molecule has 1 aromatic carbocycles. The first kappa shape index (κ1) is 14.3. The predicted molar refractivity (Wildman–Crippen MR) is 81.3 cm³/mol. The van der Waals surface area contributed by atoms with Crippen LogP contribution in [0.2, 0.25) is 0 Å². The van der Waals surface area contributed by atoms with Gasteiger partial charge in [0.15, 0.2) is 5.69 Å². The summed E-state index contributed by atoms with van der Waals surface area (Å²) in [5, 5.41) is 13.4. The van der Waals surface area contributed by atoms with Crippen LogP contribution >= 0.6 is 0 Å². The number of carboxylic acids is 1. The molecule has 0 unspecified atom stereocenters. The number of hydrogen-bond acceptors (Lipinski definition) is 3. The number of benzene rings is 1. The van der Waals surface area contributed by atoms with E-state index < -0.39 is 5.97 Å². The highest BCUT2D eigenvalue weighted by atomic mass is 16.4. The number of hydrogen-bond donors (Lipinski definition) is 2. The van der Waals surface area contributed by atoms with Gasteiger partial charge in [-0.2, -0.15) is 0 Å². The normalized spacial score (nSPS) is 10.7. The molecule has 2 N–H and O–H groups in total. The van der Waals surface area contributed by atoms with Crippen LogP contribution in [-0.4, -0.2) is 22.6 Å². The summed E-state index contributed by atoms with van der Waals surface area (Å²) in [5.41, 5.74) is 1.65. The SMILES string of the molecule is CCCCCCNc1cc(C(=O)O)nc2ccccc12. The van der Waals surface area contributed by atoms with Gasteiger partial charge in [-0.15, -0.1) is 0 Å². The summed E-state index contributed by atoms with van der Waals surface area (Å²) in [5.74, 6) is -0.996. The second kappa shape index (κ2) is 6.89. The number of anilines is 1. The van der Waals surface area contributed by atoms with Crippen molar-refractivity contribution in [1.82, 2.24) is 4.98 Å². The number of aromatic nitrogens is 1. The number of carbonyl (C=O) groups is 1. The Hall–Kier alpha value is -2.10. The van der Waals surface area contributed by atoms with Gasteiger partial charge in [-0.3, -0.25) is 0 Å². The Morgan fingerprint density at radius 2 is 2.05 bits per heavy atom. The van der Waals surface area contributed by atoms with Crippen molar-refractivity contribution in [2.45, 2.75) is 32.6 Å². The Morgan fingerprint density at radius 1 is 1.25 bits per heavy atom. The summed E-state index contributed by atoms with van der Waals surface area (Å²) in [6.07, 6.45) is 4.73. The summed E-state index contributed by atoms with van der Waals surface area (Å²) >= 11 is 0. The monoisotopic (exact) mass is 272 g/mol. The molecule has 0 radical (unpaired) electrons. The number of fused-ring (bicyclic) bond motifs is 1. The first-order valence-electron chi connectivity index (χ1n) is 7.09. The van der Waals surface area contributed by atoms with E-state index in [9.17, 15) is 4.79 Å². The fraction of sp³-hybridized carbons (Fsp3) is 0.375. The van der Waals surface area contributed by atoms with E-state index in [0.717, 1.165) is 24.0 Å². The Kier molecular flexibility index (Phi) is 4.93. The lowest BCUT2D eigenvalue weighted by molar-refractivity contribution is 0.0691. The molecule has 1 heterocycles. The van der Waals surface area contributed by atoms with Crippen LogP contribution in [-0.2, 0) is 0 Å². The second-order valence-corrected chi connectivity index (χ2v) is 4.86. The molecular weight excluding hydrogens is 252 g/mol. The van der Waals surface area contributed by atoms with Crippen molar-refractivity contribution < 1.29 is 9.90 Å². The zero-order valence-corrected chi connectivity index (χ0v) is 11.7. The second-order valence-electron chi connectivity index (χ2n) is 4.86. The van der Waals surface area contributed by atoms with Gasteiger partial charge >= 0.3 is 5.97 Å². The number of unbranched alkanes of at least 4 members (excludes halogenated alkanes) is 3. The average Bonchev–Trinajstić information content (AvgIpc) is 2.46. The minimum absolute atomic E-state index is 0.0831. The van der Waals surface area contributed by atoms with E-state index in [0.29, 0.717) is 5.52 Å². The van der Waals surface area contributed by atoms with Gasteiger partial charge in [0, 0.05) is 17.6 Å². The van der Waals surface area contributed by atoms with Crippen molar-refractivity contribution in [3.05, 3.63) is 36.0 Å². The average molecular weight is 272 g/mol. The Morgan fingerprint density at radius 3 is 2.80 bits per heavy atom. The number of rotatable bonds is 7. The fourth-order valence-corrected chi connectivity index (χ4v) is 2.21. The Labute approximate surface area is 118 Å². The third-order valence-corrected chi connectivity index (χ3v) is 3.28. The summed E-state index contributed by atoms with van der Waals surface area (Å²) in [7, 11) is 0. The largest absolute Gasteiger partial charge is 0.477 e. The molecule has 4 heteroatoms. The molecule has 0 bridgehead atoms. The van der Waals surface area contributed by atoms with E-state index >= 15 is 0 Å². The van der Waals surface area contributed by atoms with Crippen molar-refractivity contribution in [3.63, 3.8) is 0 Å². The van der Waals surface area contributed by atoms with Crippen molar-refractivity contribution in [1.29, 1.82) is 0 Å². The molecule has 2 aromatic rings. The lowest BCUT2D eigenvalue weighted by Crippen LogP contribution is -2.06. The maximum atomic E-state index is 11.1. The lowest BCUT2D eigenvalue weighted by Gasteiger charge is -2.10. The van der Waals surface area contributed by atoms with Gasteiger partial charge in [0.2, 0.25) is 0 Å². The highest BCUT2D eigenvalue weighted by molar-refractivity contribution is 5.97. The van der Waals surface area contributed by atoms with Crippen LogP contribution in [0.3, 0.4) is 0 Å².